The van der Waals surface area contributed by atoms with Crippen LogP contribution in [0.2, 0.25) is 0 Å². The maximum Gasteiger partial charge on any atom is 0.311 e. The summed E-state index contributed by atoms with van der Waals surface area (Å²) in [5, 5.41) is 17.8. The van der Waals surface area contributed by atoms with Gasteiger partial charge >= 0.3 is 5.97 Å². The van der Waals surface area contributed by atoms with E-state index in [0.29, 0.717) is 0 Å². The van der Waals surface area contributed by atoms with Crippen LogP contribution in [0.15, 0.2) is 0 Å². The van der Waals surface area contributed by atoms with Crippen molar-refractivity contribution >= 4 is 5.97 Å². The quantitative estimate of drug-likeness (QED) is 0.657. The minimum absolute atomic E-state index is 0.137. The lowest BCUT2D eigenvalue weighted by atomic mass is 9.97. The van der Waals surface area contributed by atoms with E-state index in [1.54, 1.807) is 27.7 Å². The maximum atomic E-state index is 11.3. The lowest BCUT2D eigenvalue weighted by Gasteiger charge is -2.20. The fourth-order valence-corrected chi connectivity index (χ4v) is 0.715. The third-order valence-corrected chi connectivity index (χ3v) is 1.93. The molecule has 0 aliphatic heterocycles. The van der Waals surface area contributed by atoms with E-state index in [2.05, 4.69) is 0 Å². The van der Waals surface area contributed by atoms with Crippen molar-refractivity contribution in [2.45, 2.75) is 33.8 Å². The SMILES string of the molecule is C[C@H](COC(=O)C(C)(C)C)[C@@H](O)CO. The Kier molecular flexibility index (Phi) is 5.08. The molecule has 14 heavy (non-hydrogen) atoms. The molecule has 0 aliphatic rings. The molecule has 84 valence electrons. The molecule has 0 aromatic heterocycles. The number of ether oxygens (including phenoxy) is 1. The smallest absolute Gasteiger partial charge is 0.311 e. The molecule has 4 heteroatoms. The number of hydrogen-bond donors (Lipinski definition) is 2. The number of aliphatic hydroxyl groups excluding tert-OH is 2. The molecular weight excluding hydrogens is 184 g/mol. The van der Waals surface area contributed by atoms with Crippen LogP contribution in [0.3, 0.4) is 0 Å². The fraction of sp³-hybridized carbons (Fsp3) is 0.900. The van der Waals surface area contributed by atoms with Gasteiger partial charge in [0.1, 0.15) is 0 Å². The van der Waals surface area contributed by atoms with Gasteiger partial charge in [0.15, 0.2) is 0 Å². The molecule has 0 saturated carbocycles. The number of aliphatic hydroxyl groups is 2. The van der Waals surface area contributed by atoms with E-state index in [1.165, 1.54) is 0 Å². The van der Waals surface area contributed by atoms with Crippen LogP contribution in [0.4, 0.5) is 0 Å². The third kappa shape index (κ3) is 4.58. The Balaban J connectivity index is 3.89. The maximum absolute atomic E-state index is 11.3. The van der Waals surface area contributed by atoms with Crippen LogP contribution in [0, 0.1) is 11.3 Å². The Morgan fingerprint density at radius 3 is 2.29 bits per heavy atom. The fourth-order valence-electron chi connectivity index (χ4n) is 0.715. The first kappa shape index (κ1) is 13.4. The van der Waals surface area contributed by atoms with Gasteiger partial charge in [-0.25, -0.2) is 0 Å². The van der Waals surface area contributed by atoms with Crippen molar-refractivity contribution in [3.63, 3.8) is 0 Å². The normalized spacial score (nSPS) is 16.1. The van der Waals surface area contributed by atoms with Crippen molar-refractivity contribution in [2.75, 3.05) is 13.2 Å². The first-order chi connectivity index (χ1) is 6.29. The first-order valence-corrected chi connectivity index (χ1v) is 4.75. The molecule has 0 aromatic rings. The summed E-state index contributed by atoms with van der Waals surface area (Å²) in [5.41, 5.74) is -0.524. The van der Waals surface area contributed by atoms with Gasteiger partial charge < -0.3 is 14.9 Å². The van der Waals surface area contributed by atoms with E-state index >= 15 is 0 Å². The second kappa shape index (κ2) is 5.32. The Hall–Kier alpha value is -0.610. The molecule has 0 saturated heterocycles. The van der Waals surface area contributed by atoms with Crippen LogP contribution in [-0.4, -0.2) is 35.5 Å². The van der Waals surface area contributed by atoms with Gasteiger partial charge in [0.2, 0.25) is 0 Å². The van der Waals surface area contributed by atoms with Gasteiger partial charge in [-0.2, -0.15) is 0 Å². The van der Waals surface area contributed by atoms with Gasteiger partial charge in [0, 0.05) is 5.92 Å². The number of carbonyl (C=O) groups is 1. The van der Waals surface area contributed by atoms with Crippen LogP contribution < -0.4 is 0 Å². The third-order valence-electron chi connectivity index (χ3n) is 1.93. The predicted molar refractivity (Wildman–Crippen MR) is 52.7 cm³/mol. The summed E-state index contributed by atoms with van der Waals surface area (Å²) in [6, 6.07) is 0. The van der Waals surface area contributed by atoms with Crippen molar-refractivity contribution in [2.24, 2.45) is 11.3 Å². The molecule has 0 unspecified atom stereocenters. The van der Waals surface area contributed by atoms with Gasteiger partial charge in [0.25, 0.3) is 0 Å². The molecule has 0 heterocycles. The molecule has 0 amide bonds. The summed E-state index contributed by atoms with van der Waals surface area (Å²) in [7, 11) is 0. The van der Waals surface area contributed by atoms with E-state index in [9.17, 15) is 9.90 Å². The van der Waals surface area contributed by atoms with Crippen molar-refractivity contribution in [3.8, 4) is 0 Å². The number of esters is 1. The van der Waals surface area contributed by atoms with Gasteiger partial charge in [-0.3, -0.25) is 4.79 Å². The minimum atomic E-state index is -0.831. The number of hydrogen-bond acceptors (Lipinski definition) is 4. The highest BCUT2D eigenvalue weighted by Crippen LogP contribution is 2.16. The molecule has 0 rings (SSSR count). The van der Waals surface area contributed by atoms with E-state index in [-0.39, 0.29) is 25.1 Å². The largest absolute Gasteiger partial charge is 0.465 e. The highest BCUT2D eigenvalue weighted by atomic mass is 16.5. The molecule has 0 spiro atoms. The standard InChI is InChI=1S/C10H20O4/c1-7(8(12)5-11)6-14-9(13)10(2,3)4/h7-8,11-12H,5-6H2,1-4H3/t7-,8+/m1/s1. The summed E-state index contributed by atoms with van der Waals surface area (Å²) in [5.74, 6) is -0.541. The molecule has 0 aliphatic carbocycles. The first-order valence-electron chi connectivity index (χ1n) is 4.75. The van der Waals surface area contributed by atoms with E-state index in [0.717, 1.165) is 0 Å². The molecular formula is C10H20O4. The number of rotatable bonds is 4. The molecule has 0 radical (unpaired) electrons. The molecule has 0 fully saturated rings. The molecule has 4 nitrogen and oxygen atoms in total. The van der Waals surface area contributed by atoms with Gasteiger partial charge in [-0.05, 0) is 20.8 Å². The van der Waals surface area contributed by atoms with Crippen molar-refractivity contribution in [3.05, 3.63) is 0 Å². The van der Waals surface area contributed by atoms with Gasteiger partial charge in [-0.1, -0.05) is 6.92 Å². The van der Waals surface area contributed by atoms with Gasteiger partial charge in [0.05, 0.1) is 24.7 Å². The average Bonchev–Trinajstić information content (AvgIpc) is 2.10. The van der Waals surface area contributed by atoms with Crippen molar-refractivity contribution in [1.29, 1.82) is 0 Å². The van der Waals surface area contributed by atoms with Crippen LogP contribution in [0.25, 0.3) is 0 Å². The lowest BCUT2D eigenvalue weighted by Crippen LogP contribution is -2.30. The molecule has 2 atom stereocenters. The molecule has 2 N–H and O–H groups in total. The van der Waals surface area contributed by atoms with Crippen LogP contribution >= 0.6 is 0 Å². The van der Waals surface area contributed by atoms with Gasteiger partial charge in [-0.15, -0.1) is 0 Å². The highest BCUT2D eigenvalue weighted by molar-refractivity contribution is 5.75. The van der Waals surface area contributed by atoms with E-state index in [1.807, 2.05) is 0 Å². The zero-order valence-corrected chi connectivity index (χ0v) is 9.28. The monoisotopic (exact) mass is 204 g/mol. The van der Waals surface area contributed by atoms with Crippen molar-refractivity contribution < 1.29 is 19.7 Å². The Bertz CT molecular complexity index is 183. The summed E-state index contributed by atoms with van der Waals surface area (Å²) in [6.45, 7) is 6.84. The molecule has 0 aromatic carbocycles. The highest BCUT2D eigenvalue weighted by Gasteiger charge is 2.24. The minimum Gasteiger partial charge on any atom is -0.465 e. The Morgan fingerprint density at radius 1 is 1.43 bits per heavy atom. The predicted octanol–water partition coefficient (Wildman–Crippen LogP) is 0.565. The van der Waals surface area contributed by atoms with Crippen LogP contribution in [0.1, 0.15) is 27.7 Å². The summed E-state index contributed by atoms with van der Waals surface area (Å²) in [6.07, 6.45) is -0.831. The zero-order valence-electron chi connectivity index (χ0n) is 9.28. The summed E-state index contributed by atoms with van der Waals surface area (Å²) in [4.78, 5) is 11.3. The lowest BCUT2D eigenvalue weighted by molar-refractivity contribution is -0.155. The average molecular weight is 204 g/mol. The Morgan fingerprint density at radius 2 is 1.93 bits per heavy atom. The van der Waals surface area contributed by atoms with E-state index in [4.69, 9.17) is 9.84 Å². The topological polar surface area (TPSA) is 66.8 Å². The molecule has 0 bridgehead atoms. The Labute approximate surface area is 84.9 Å². The van der Waals surface area contributed by atoms with E-state index < -0.39 is 11.5 Å². The second-order valence-corrected chi connectivity index (χ2v) is 4.58. The summed E-state index contributed by atoms with van der Waals surface area (Å²) >= 11 is 0. The number of carbonyl (C=O) groups excluding carboxylic acids is 1. The van der Waals surface area contributed by atoms with Crippen molar-refractivity contribution in [1.82, 2.24) is 0 Å². The zero-order chi connectivity index (χ0) is 11.4. The van der Waals surface area contributed by atoms with Crippen LogP contribution in [-0.2, 0) is 9.53 Å². The van der Waals surface area contributed by atoms with Crippen LogP contribution in [0.5, 0.6) is 0 Å². The summed E-state index contributed by atoms with van der Waals surface area (Å²) < 4.78 is 4.98. The second-order valence-electron chi connectivity index (χ2n) is 4.58.